The second-order valence-electron chi connectivity index (χ2n) is 10.6. The molecule has 6 aromatic rings. The zero-order valence-corrected chi connectivity index (χ0v) is 28.1. The van der Waals surface area contributed by atoms with Crippen LogP contribution >= 0.6 is 0 Å². The van der Waals surface area contributed by atoms with E-state index >= 15 is 0 Å². The van der Waals surface area contributed by atoms with Crippen LogP contribution in [0.3, 0.4) is 0 Å². The van der Waals surface area contributed by atoms with Gasteiger partial charge in [0.25, 0.3) is 0 Å². The molecule has 0 radical (unpaired) electrons. The monoisotopic (exact) mass is 706 g/mol. The number of anilines is 4. The third-order valence-corrected chi connectivity index (χ3v) is 7.78. The van der Waals surface area contributed by atoms with Gasteiger partial charge in [0.1, 0.15) is 0 Å². The number of hydrogen-bond donors (Lipinski definition) is 0. The van der Waals surface area contributed by atoms with E-state index < -0.39 is 0 Å². The van der Waals surface area contributed by atoms with Crippen molar-refractivity contribution in [1.29, 1.82) is 0 Å². The van der Waals surface area contributed by atoms with Gasteiger partial charge >= 0.3 is 0 Å². The van der Waals surface area contributed by atoms with Crippen molar-refractivity contribution in [2.45, 2.75) is 13.1 Å². The second kappa shape index (κ2) is 15.5. The minimum absolute atomic E-state index is 0. The summed E-state index contributed by atoms with van der Waals surface area (Å²) in [5.74, 6) is 0. The molecule has 0 atom stereocenters. The van der Waals surface area contributed by atoms with E-state index in [1.54, 1.807) is 0 Å². The fourth-order valence-electron chi connectivity index (χ4n) is 5.19. The summed E-state index contributed by atoms with van der Waals surface area (Å²) in [6.45, 7) is 1.68. The molecule has 0 fully saturated rings. The number of pyridine rings is 2. The van der Waals surface area contributed by atoms with Crippen LogP contribution in [-0.4, -0.2) is 14.1 Å². The molecule has 6 heteroatoms. The number of rotatable bonds is 9. The van der Waals surface area contributed by atoms with Crippen LogP contribution in [0.1, 0.15) is 11.1 Å². The third kappa shape index (κ3) is 8.01. The lowest BCUT2D eigenvalue weighted by Crippen LogP contribution is -3.00. The number of hydrogen-bond acceptors (Lipinski definition) is 2. The van der Waals surface area contributed by atoms with E-state index in [-0.39, 0.29) is 34.0 Å². The van der Waals surface area contributed by atoms with Gasteiger partial charge in [-0.05, 0) is 35.4 Å². The maximum Gasteiger partial charge on any atom is 0.173 e. The predicted octanol–water partition coefficient (Wildman–Crippen LogP) is 1.57. The van der Waals surface area contributed by atoms with Gasteiger partial charge in [0.2, 0.25) is 0 Å². The average molecular weight is 709 g/mol. The zero-order chi connectivity index (χ0) is 28.7. The normalized spacial score (nSPS) is 10.3. The molecule has 0 amide bonds. The summed E-state index contributed by atoms with van der Waals surface area (Å²) in [6, 6.07) is 47.3. The number of para-hydroxylation sites is 2. The van der Waals surface area contributed by atoms with Crippen molar-refractivity contribution in [1.82, 2.24) is 0 Å². The summed E-state index contributed by atoms with van der Waals surface area (Å²) < 4.78 is 4.44. The van der Waals surface area contributed by atoms with Crippen LogP contribution in [0.15, 0.2) is 158 Å². The lowest BCUT2D eigenvalue weighted by atomic mass is 10.0. The summed E-state index contributed by atoms with van der Waals surface area (Å²) in [7, 11) is 4.20. The molecule has 0 unspecified atom stereocenters. The fraction of sp³-hybridized carbons (Fsp3) is 0.105. The molecule has 0 aliphatic heterocycles. The number of nitrogens with zero attached hydrogens (tertiary/aromatic N) is 4. The predicted molar refractivity (Wildman–Crippen MR) is 172 cm³/mol. The van der Waals surface area contributed by atoms with Crippen LogP contribution in [0.4, 0.5) is 22.7 Å². The molecule has 0 aliphatic carbocycles. The summed E-state index contributed by atoms with van der Waals surface area (Å²) in [5.41, 5.74) is 9.72. The van der Waals surface area contributed by atoms with Crippen molar-refractivity contribution in [2.24, 2.45) is 0 Å². The van der Waals surface area contributed by atoms with Crippen LogP contribution in [-0.2, 0) is 13.1 Å². The quantitative estimate of drug-likeness (QED) is 0.212. The van der Waals surface area contributed by atoms with Crippen molar-refractivity contribution < 1.29 is 43.1 Å². The van der Waals surface area contributed by atoms with Gasteiger partial charge in [0, 0.05) is 60.9 Å². The first-order valence-corrected chi connectivity index (χ1v) is 14.4. The van der Waals surface area contributed by atoms with Gasteiger partial charge in [-0.1, -0.05) is 84.9 Å². The van der Waals surface area contributed by atoms with Crippen molar-refractivity contribution >= 4 is 22.7 Å². The Morgan fingerprint density at radius 1 is 0.386 bits per heavy atom. The Morgan fingerprint density at radius 3 is 1.00 bits per heavy atom. The van der Waals surface area contributed by atoms with Gasteiger partial charge in [-0.25, -0.2) is 9.13 Å². The largest absolute Gasteiger partial charge is 1.00 e. The van der Waals surface area contributed by atoms with Gasteiger partial charge in [-0.3, -0.25) is 0 Å². The molecular formula is C38H36Br2N4. The Morgan fingerprint density at radius 2 is 0.682 bits per heavy atom. The number of aromatic nitrogens is 2. The van der Waals surface area contributed by atoms with Gasteiger partial charge < -0.3 is 43.8 Å². The lowest BCUT2D eigenvalue weighted by Gasteiger charge is -2.18. The Labute approximate surface area is 282 Å². The van der Waals surface area contributed by atoms with Gasteiger partial charge in [0.05, 0.1) is 11.4 Å². The standard InChI is InChI=1S/C38H36N4.2BrH/c1-39(35-9-5-3-6-10-35)37-21-25-41(26-22-37)29-31-13-17-33(18-14-31)34-19-15-32(16-20-34)30-42-27-23-38(24-28-42)40(2)36-11-7-4-8-12-36;;/h3-28H,29-30H2,1-2H3;2*1H/q+2;;/p-2. The Bertz CT molecular complexity index is 1580. The molecule has 0 saturated heterocycles. The van der Waals surface area contributed by atoms with Gasteiger partial charge in [0.15, 0.2) is 37.9 Å². The van der Waals surface area contributed by atoms with Crippen molar-refractivity contribution in [3.05, 3.63) is 169 Å². The molecule has 222 valence electrons. The van der Waals surface area contributed by atoms with Crippen LogP contribution in [0.25, 0.3) is 11.1 Å². The first-order valence-electron chi connectivity index (χ1n) is 14.4. The molecular weight excluding hydrogens is 672 g/mol. The van der Waals surface area contributed by atoms with E-state index in [0.717, 1.165) is 13.1 Å². The molecule has 0 bridgehead atoms. The highest BCUT2D eigenvalue weighted by Crippen LogP contribution is 2.24. The van der Waals surface area contributed by atoms with Gasteiger partial charge in [-0.15, -0.1) is 0 Å². The maximum absolute atomic E-state index is 2.23. The summed E-state index contributed by atoms with van der Waals surface area (Å²) >= 11 is 0. The Kier molecular flexibility index (Phi) is 11.5. The molecule has 2 heterocycles. The van der Waals surface area contributed by atoms with Crippen LogP contribution in [0.5, 0.6) is 0 Å². The molecule has 4 nitrogen and oxygen atoms in total. The minimum atomic E-state index is 0. The third-order valence-electron chi connectivity index (χ3n) is 7.78. The molecule has 0 spiro atoms. The Hall–Kier alpha value is -4.26. The second-order valence-corrected chi connectivity index (χ2v) is 10.6. The molecule has 0 aliphatic rings. The zero-order valence-electron chi connectivity index (χ0n) is 25.0. The minimum Gasteiger partial charge on any atom is -1.00 e. The highest BCUT2D eigenvalue weighted by molar-refractivity contribution is 5.64. The average Bonchev–Trinajstić information content (AvgIpc) is 3.06. The van der Waals surface area contributed by atoms with E-state index in [1.807, 2.05) is 12.1 Å². The summed E-state index contributed by atoms with van der Waals surface area (Å²) in [6.07, 6.45) is 8.59. The van der Waals surface area contributed by atoms with Crippen molar-refractivity contribution in [3.8, 4) is 11.1 Å². The summed E-state index contributed by atoms with van der Waals surface area (Å²) in [5, 5.41) is 0. The first kappa shape index (κ1) is 32.6. The van der Waals surface area contributed by atoms with E-state index in [4.69, 9.17) is 0 Å². The van der Waals surface area contributed by atoms with Gasteiger partial charge in [-0.2, -0.15) is 0 Å². The molecule has 44 heavy (non-hydrogen) atoms. The molecule has 2 aromatic heterocycles. The SMILES string of the molecule is CN(c1ccccc1)c1cc[n+](Cc2ccc(-c3ccc(C[n+]4ccc(N(C)c5ccccc5)cc4)cc3)cc2)cc1.[Br-].[Br-]. The smallest absolute Gasteiger partial charge is 0.173 e. The fourth-order valence-corrected chi connectivity index (χ4v) is 5.19. The number of halogens is 2. The summed E-state index contributed by atoms with van der Waals surface area (Å²) in [4.78, 5) is 4.40. The van der Waals surface area contributed by atoms with E-state index in [1.165, 1.54) is 45.0 Å². The van der Waals surface area contributed by atoms with Crippen molar-refractivity contribution in [3.63, 3.8) is 0 Å². The highest BCUT2D eigenvalue weighted by atomic mass is 79.9. The van der Waals surface area contributed by atoms with Crippen LogP contribution < -0.4 is 52.9 Å². The topological polar surface area (TPSA) is 14.2 Å². The van der Waals surface area contributed by atoms with Crippen molar-refractivity contribution in [2.75, 3.05) is 23.9 Å². The molecule has 0 N–H and O–H groups in total. The highest BCUT2D eigenvalue weighted by Gasteiger charge is 2.10. The number of benzene rings is 4. The first-order chi connectivity index (χ1) is 20.6. The molecule has 0 saturated carbocycles. The molecule has 4 aromatic carbocycles. The van der Waals surface area contributed by atoms with E-state index in [0.29, 0.717) is 0 Å². The van der Waals surface area contributed by atoms with E-state index in [9.17, 15) is 0 Å². The van der Waals surface area contributed by atoms with E-state index in [2.05, 4.69) is 179 Å². The maximum atomic E-state index is 2.23. The van der Waals surface area contributed by atoms with Crippen LogP contribution in [0.2, 0.25) is 0 Å². The van der Waals surface area contributed by atoms with Crippen LogP contribution in [0, 0.1) is 0 Å². The lowest BCUT2D eigenvalue weighted by molar-refractivity contribution is -0.688. The Balaban J connectivity index is 0.00000221. The molecule has 6 rings (SSSR count).